The number of rotatable bonds is 2. The highest BCUT2D eigenvalue weighted by Gasteiger charge is 2.47. The van der Waals surface area contributed by atoms with E-state index in [9.17, 15) is 9.90 Å². The largest absolute Gasteiger partial charge is 0.508 e. The summed E-state index contributed by atoms with van der Waals surface area (Å²) in [6, 6.07) is 15.2. The number of hydrogen-bond donors (Lipinski definition) is 1. The van der Waals surface area contributed by atoms with Gasteiger partial charge in [-0.1, -0.05) is 24.3 Å². The summed E-state index contributed by atoms with van der Waals surface area (Å²) in [6.07, 6.45) is 0. The molecule has 0 amide bonds. The number of aliphatic hydroxyl groups excluding tert-OH is 1. The number of aryl methyl sites for hydroxylation is 1. The van der Waals surface area contributed by atoms with Gasteiger partial charge in [0.25, 0.3) is 0 Å². The second-order valence-corrected chi connectivity index (χ2v) is 7.90. The summed E-state index contributed by atoms with van der Waals surface area (Å²) >= 11 is 0. The Morgan fingerprint density at radius 3 is 2.33 bits per heavy atom. The van der Waals surface area contributed by atoms with Crippen molar-refractivity contribution in [3.63, 3.8) is 0 Å². The Morgan fingerprint density at radius 1 is 1.00 bits per heavy atom. The Hall–Kier alpha value is -2.90. The summed E-state index contributed by atoms with van der Waals surface area (Å²) < 4.78 is 5.83. The van der Waals surface area contributed by atoms with Crippen LogP contribution in [0, 0.1) is 18.3 Å². The highest BCUT2D eigenvalue weighted by Crippen LogP contribution is 2.41. The molecule has 0 atom stereocenters. The second kappa shape index (κ2) is 6.37. The van der Waals surface area contributed by atoms with Gasteiger partial charge in [0.2, 0.25) is 0 Å². The maximum absolute atomic E-state index is 13.1. The van der Waals surface area contributed by atoms with E-state index in [1.807, 2.05) is 43.3 Å². The lowest BCUT2D eigenvalue weighted by Gasteiger charge is -2.40. The molecule has 3 rings (SSSR count). The first kappa shape index (κ1) is 18.9. The minimum atomic E-state index is -1.03. The lowest BCUT2D eigenvalue weighted by atomic mass is 9.81. The number of hydrogen-bond acceptors (Lipinski definition) is 4. The average Bonchev–Trinajstić information content (AvgIpc) is 2.61. The number of nitrogens with zero attached hydrogens (tertiary/aromatic N) is 1. The van der Waals surface area contributed by atoms with Crippen molar-refractivity contribution in [2.45, 2.75) is 45.8 Å². The van der Waals surface area contributed by atoms with Gasteiger partial charge in [-0.15, -0.1) is 0 Å². The first-order chi connectivity index (χ1) is 12.6. The molecule has 0 saturated heterocycles. The molecule has 0 fully saturated rings. The second-order valence-electron chi connectivity index (χ2n) is 7.90. The van der Waals surface area contributed by atoms with Crippen molar-refractivity contribution in [1.82, 2.24) is 0 Å². The molecule has 0 radical (unpaired) electrons. The average molecular weight is 361 g/mol. The van der Waals surface area contributed by atoms with E-state index < -0.39 is 11.2 Å². The SMILES string of the molecule is Cc1ccc(-c2cccc(C#N)c2)cc1C1=C(O)C(C)(C)OC(C)(C)C1=O. The van der Waals surface area contributed by atoms with Crippen LogP contribution in [0.1, 0.15) is 44.4 Å². The van der Waals surface area contributed by atoms with Gasteiger partial charge in [-0.25, -0.2) is 0 Å². The molecule has 0 spiro atoms. The van der Waals surface area contributed by atoms with Crippen molar-refractivity contribution < 1.29 is 14.6 Å². The van der Waals surface area contributed by atoms with Gasteiger partial charge in [0.15, 0.2) is 5.78 Å². The molecule has 4 nitrogen and oxygen atoms in total. The van der Waals surface area contributed by atoms with Crippen molar-refractivity contribution >= 4 is 11.4 Å². The minimum absolute atomic E-state index is 0.0575. The van der Waals surface area contributed by atoms with Crippen molar-refractivity contribution in [2.24, 2.45) is 0 Å². The molecule has 1 N–H and O–H groups in total. The molecule has 1 aliphatic heterocycles. The quantitative estimate of drug-likeness (QED) is 0.821. The van der Waals surface area contributed by atoms with Gasteiger partial charge in [-0.2, -0.15) is 5.26 Å². The van der Waals surface area contributed by atoms with Gasteiger partial charge in [-0.3, -0.25) is 4.79 Å². The van der Waals surface area contributed by atoms with Crippen LogP contribution in [0.15, 0.2) is 48.2 Å². The number of ketones is 1. The van der Waals surface area contributed by atoms with Gasteiger partial charge in [-0.05, 0) is 75.1 Å². The van der Waals surface area contributed by atoms with E-state index in [2.05, 4.69) is 6.07 Å². The molecule has 0 aromatic heterocycles. The fourth-order valence-corrected chi connectivity index (χ4v) is 3.53. The molecule has 138 valence electrons. The molecule has 4 heteroatoms. The van der Waals surface area contributed by atoms with Gasteiger partial charge in [0.1, 0.15) is 17.0 Å². The normalized spacial score (nSPS) is 18.3. The van der Waals surface area contributed by atoms with E-state index in [1.54, 1.807) is 33.8 Å². The lowest BCUT2D eigenvalue weighted by Crippen LogP contribution is -2.49. The van der Waals surface area contributed by atoms with Crippen LogP contribution in [0.4, 0.5) is 0 Å². The van der Waals surface area contributed by atoms with Gasteiger partial charge in [0, 0.05) is 0 Å². The zero-order chi connectivity index (χ0) is 20.0. The number of ether oxygens (including phenoxy) is 1. The zero-order valence-electron chi connectivity index (χ0n) is 16.3. The highest BCUT2D eigenvalue weighted by molar-refractivity contribution is 6.26. The summed E-state index contributed by atoms with van der Waals surface area (Å²) in [5, 5.41) is 20.0. The third kappa shape index (κ3) is 3.27. The highest BCUT2D eigenvalue weighted by atomic mass is 16.5. The van der Waals surface area contributed by atoms with E-state index in [0.717, 1.165) is 16.7 Å². The third-order valence-corrected chi connectivity index (χ3v) is 4.92. The van der Waals surface area contributed by atoms with Crippen molar-refractivity contribution in [1.29, 1.82) is 5.26 Å². The van der Waals surface area contributed by atoms with Crippen molar-refractivity contribution in [2.75, 3.05) is 0 Å². The fourth-order valence-electron chi connectivity index (χ4n) is 3.53. The monoisotopic (exact) mass is 361 g/mol. The smallest absolute Gasteiger partial charge is 0.198 e. The van der Waals surface area contributed by atoms with Crippen molar-refractivity contribution in [3.8, 4) is 17.2 Å². The maximum Gasteiger partial charge on any atom is 0.198 e. The van der Waals surface area contributed by atoms with Gasteiger partial charge >= 0.3 is 0 Å². The molecule has 2 aromatic rings. The number of Topliss-reactive ketones (excluding diaryl/α,β-unsaturated/α-hetero) is 1. The number of nitriles is 1. The molecule has 1 heterocycles. The fraction of sp³-hybridized carbons (Fsp3) is 0.304. The Balaban J connectivity index is 2.22. The molecule has 27 heavy (non-hydrogen) atoms. The van der Waals surface area contributed by atoms with E-state index in [-0.39, 0.29) is 11.5 Å². The van der Waals surface area contributed by atoms with Gasteiger partial charge < -0.3 is 9.84 Å². The summed E-state index contributed by atoms with van der Waals surface area (Å²) in [6.45, 7) is 8.87. The summed E-state index contributed by atoms with van der Waals surface area (Å²) in [5.74, 6) is -0.303. The van der Waals surface area contributed by atoms with E-state index >= 15 is 0 Å². The molecule has 2 aromatic carbocycles. The summed E-state index contributed by atoms with van der Waals surface area (Å²) in [7, 11) is 0. The van der Waals surface area contributed by atoms with Crippen LogP contribution in [-0.4, -0.2) is 22.1 Å². The maximum atomic E-state index is 13.1. The van der Waals surface area contributed by atoms with Crippen molar-refractivity contribution in [3.05, 3.63) is 64.9 Å². The predicted octanol–water partition coefficient (Wildman–Crippen LogP) is 4.96. The van der Waals surface area contributed by atoms with E-state index in [0.29, 0.717) is 16.7 Å². The van der Waals surface area contributed by atoms with E-state index in [4.69, 9.17) is 10.00 Å². The molecule has 0 unspecified atom stereocenters. The minimum Gasteiger partial charge on any atom is -0.508 e. The van der Waals surface area contributed by atoms with Crippen LogP contribution in [0.25, 0.3) is 16.7 Å². The molecule has 0 saturated carbocycles. The topological polar surface area (TPSA) is 70.3 Å². The van der Waals surface area contributed by atoms with Crippen LogP contribution in [-0.2, 0) is 9.53 Å². The Labute approximate surface area is 159 Å². The molecule has 0 aliphatic carbocycles. The Kier molecular flexibility index (Phi) is 4.45. The van der Waals surface area contributed by atoms with E-state index in [1.165, 1.54) is 0 Å². The first-order valence-electron chi connectivity index (χ1n) is 8.87. The number of carbonyl (C=O) groups is 1. The molecule has 1 aliphatic rings. The summed E-state index contributed by atoms with van der Waals surface area (Å²) in [5.41, 5.74) is 2.20. The molecular formula is C23H23NO3. The third-order valence-electron chi connectivity index (χ3n) is 4.92. The zero-order valence-corrected chi connectivity index (χ0v) is 16.3. The Morgan fingerprint density at radius 2 is 1.67 bits per heavy atom. The lowest BCUT2D eigenvalue weighted by molar-refractivity contribution is -0.158. The van der Waals surface area contributed by atoms with Crippen LogP contribution < -0.4 is 0 Å². The number of benzene rings is 2. The standard InChI is InChI=1S/C23H23NO3/c1-14-9-10-17(16-8-6-7-15(11-16)13-24)12-18(14)19-20(25)22(2,3)27-23(4,5)21(19)26/h6-12,25H,1-5H3. The summed E-state index contributed by atoms with van der Waals surface area (Å²) in [4.78, 5) is 13.1. The predicted molar refractivity (Wildman–Crippen MR) is 105 cm³/mol. The van der Waals surface area contributed by atoms with Gasteiger partial charge in [0.05, 0.1) is 17.2 Å². The van der Waals surface area contributed by atoms with Crippen LogP contribution in [0.2, 0.25) is 0 Å². The Bertz CT molecular complexity index is 1010. The van der Waals surface area contributed by atoms with Crippen LogP contribution >= 0.6 is 0 Å². The number of carbonyl (C=O) groups excluding carboxylic acids is 1. The van der Waals surface area contributed by atoms with Crippen LogP contribution in [0.3, 0.4) is 0 Å². The molecule has 0 bridgehead atoms. The molecular weight excluding hydrogens is 338 g/mol. The van der Waals surface area contributed by atoms with Crippen LogP contribution in [0.5, 0.6) is 0 Å². The first-order valence-corrected chi connectivity index (χ1v) is 8.87. The number of aliphatic hydroxyl groups is 1.